The molecule has 2 heterocycles. The molecule has 0 aliphatic carbocycles. The second-order valence-corrected chi connectivity index (χ2v) is 6.30. The van der Waals surface area contributed by atoms with Crippen LogP contribution in [0.25, 0.3) is 0 Å². The fourth-order valence-corrected chi connectivity index (χ4v) is 2.92. The molecule has 1 amide bonds. The third kappa shape index (κ3) is 5.83. The van der Waals surface area contributed by atoms with Gasteiger partial charge in [0.15, 0.2) is 0 Å². The molecule has 1 atom stereocenters. The van der Waals surface area contributed by atoms with E-state index in [2.05, 4.69) is 0 Å². The van der Waals surface area contributed by atoms with Gasteiger partial charge in [0.25, 0.3) is 0 Å². The van der Waals surface area contributed by atoms with Gasteiger partial charge in [-0.05, 0) is 50.9 Å². The lowest BCUT2D eigenvalue weighted by Gasteiger charge is -2.34. The molecule has 1 aromatic heterocycles. The number of halogens is 3. The minimum Gasteiger partial charge on any atom is -0.467 e. The van der Waals surface area contributed by atoms with Gasteiger partial charge in [0.1, 0.15) is 12.3 Å². The third-order valence-electron chi connectivity index (χ3n) is 4.32. The van der Waals surface area contributed by atoms with E-state index in [1.54, 1.807) is 19.1 Å². The van der Waals surface area contributed by atoms with Crippen molar-refractivity contribution >= 4 is 5.91 Å². The maximum atomic E-state index is 12.7. The van der Waals surface area contributed by atoms with E-state index in [0.717, 1.165) is 17.7 Å². The molecule has 1 unspecified atom stereocenters. The Morgan fingerprint density at radius 1 is 1.46 bits per heavy atom. The number of alkyl halides is 3. The Morgan fingerprint density at radius 2 is 2.12 bits per heavy atom. The molecule has 0 bridgehead atoms. The Kier molecular flexibility index (Phi) is 6.28. The van der Waals surface area contributed by atoms with Gasteiger partial charge in [-0.3, -0.25) is 9.69 Å². The van der Waals surface area contributed by atoms with Crippen molar-refractivity contribution in [3.63, 3.8) is 0 Å². The topological polar surface area (TPSA) is 56.9 Å². The van der Waals surface area contributed by atoms with Gasteiger partial charge in [-0.15, -0.1) is 0 Å². The van der Waals surface area contributed by atoms with Crippen molar-refractivity contribution in [3.8, 4) is 0 Å². The summed E-state index contributed by atoms with van der Waals surface area (Å²) in [4.78, 5) is 14.9. The normalized spacial score (nSPS) is 18.5. The molecular weight excluding hydrogens is 325 g/mol. The first-order valence-corrected chi connectivity index (χ1v) is 8.02. The minimum atomic E-state index is -4.46. The van der Waals surface area contributed by atoms with Crippen LogP contribution >= 0.6 is 0 Å². The molecule has 0 aromatic carbocycles. The highest BCUT2D eigenvalue weighted by atomic mass is 19.4. The number of carbonyl (C=O) groups excluding carboxylic acids is 1. The number of furan rings is 1. The van der Waals surface area contributed by atoms with E-state index in [-0.39, 0.29) is 19.0 Å². The standard InChI is InChI=1S/C16H23F3N2O3/c1-12(22)13-4-6-20(7-5-13)10-15(23)21(11-16(17,18)19)9-14-3-2-8-24-14/h2-3,8,12-13,22H,4-7,9-11H2,1H3. The summed E-state index contributed by atoms with van der Waals surface area (Å²) < 4.78 is 43.3. The zero-order chi connectivity index (χ0) is 17.7. The van der Waals surface area contributed by atoms with Crippen LogP contribution in [-0.2, 0) is 11.3 Å². The second-order valence-electron chi connectivity index (χ2n) is 6.30. The van der Waals surface area contributed by atoms with Gasteiger partial charge in [-0.25, -0.2) is 0 Å². The van der Waals surface area contributed by atoms with Crippen molar-refractivity contribution < 1.29 is 27.5 Å². The Morgan fingerprint density at radius 3 is 2.62 bits per heavy atom. The highest BCUT2D eigenvalue weighted by molar-refractivity contribution is 5.78. The first-order chi connectivity index (χ1) is 11.2. The number of likely N-dealkylation sites (tertiary alicyclic amines) is 1. The van der Waals surface area contributed by atoms with Crippen molar-refractivity contribution in [2.24, 2.45) is 5.92 Å². The molecule has 1 fully saturated rings. The molecule has 1 aliphatic heterocycles. The zero-order valence-electron chi connectivity index (χ0n) is 13.6. The molecule has 1 N–H and O–H groups in total. The number of carbonyl (C=O) groups is 1. The predicted octanol–water partition coefficient (Wildman–Crippen LogP) is 2.26. The van der Waals surface area contributed by atoms with Gasteiger partial charge >= 0.3 is 6.18 Å². The molecule has 8 heteroatoms. The molecule has 24 heavy (non-hydrogen) atoms. The lowest BCUT2D eigenvalue weighted by atomic mass is 9.92. The van der Waals surface area contributed by atoms with Gasteiger partial charge in [0.2, 0.25) is 5.91 Å². The highest BCUT2D eigenvalue weighted by Crippen LogP contribution is 2.22. The first kappa shape index (κ1) is 18.8. The molecule has 1 aromatic rings. The quantitative estimate of drug-likeness (QED) is 0.857. The minimum absolute atomic E-state index is 0.0523. The number of amides is 1. The SMILES string of the molecule is CC(O)C1CCN(CC(=O)N(Cc2ccco2)CC(F)(F)F)CC1. The van der Waals surface area contributed by atoms with Crippen LogP contribution in [0.5, 0.6) is 0 Å². The fourth-order valence-electron chi connectivity index (χ4n) is 2.92. The molecule has 1 saturated heterocycles. The van der Waals surface area contributed by atoms with E-state index in [1.807, 2.05) is 4.90 Å². The predicted molar refractivity (Wildman–Crippen MR) is 81.0 cm³/mol. The number of rotatable bonds is 6. The summed E-state index contributed by atoms with van der Waals surface area (Å²) >= 11 is 0. The summed E-state index contributed by atoms with van der Waals surface area (Å²) in [7, 11) is 0. The average molecular weight is 348 g/mol. The van der Waals surface area contributed by atoms with Crippen LogP contribution in [0.4, 0.5) is 13.2 Å². The summed E-state index contributed by atoms with van der Waals surface area (Å²) in [6.45, 7) is 1.39. The number of hydrogen-bond acceptors (Lipinski definition) is 4. The van der Waals surface area contributed by atoms with Crippen LogP contribution in [0.1, 0.15) is 25.5 Å². The number of hydrogen-bond donors (Lipinski definition) is 1. The van der Waals surface area contributed by atoms with Crippen molar-refractivity contribution in [2.45, 2.75) is 38.6 Å². The Labute approximate surface area is 139 Å². The van der Waals surface area contributed by atoms with Gasteiger partial charge in [-0.2, -0.15) is 13.2 Å². The third-order valence-corrected chi connectivity index (χ3v) is 4.32. The van der Waals surface area contributed by atoms with Crippen LogP contribution in [-0.4, -0.2) is 59.3 Å². The van der Waals surface area contributed by atoms with Crippen LogP contribution in [0, 0.1) is 5.92 Å². The van der Waals surface area contributed by atoms with E-state index >= 15 is 0 Å². The van der Waals surface area contributed by atoms with Crippen molar-refractivity contribution in [3.05, 3.63) is 24.2 Å². The lowest BCUT2D eigenvalue weighted by Crippen LogP contribution is -2.46. The monoisotopic (exact) mass is 348 g/mol. The zero-order valence-corrected chi connectivity index (χ0v) is 13.6. The lowest BCUT2D eigenvalue weighted by molar-refractivity contribution is -0.163. The Hall–Kier alpha value is -1.54. The highest BCUT2D eigenvalue weighted by Gasteiger charge is 2.34. The molecule has 0 spiro atoms. The summed E-state index contributed by atoms with van der Waals surface area (Å²) in [5, 5.41) is 9.58. The van der Waals surface area contributed by atoms with E-state index in [4.69, 9.17) is 4.42 Å². The largest absolute Gasteiger partial charge is 0.467 e. The van der Waals surface area contributed by atoms with E-state index < -0.39 is 24.7 Å². The first-order valence-electron chi connectivity index (χ1n) is 8.02. The van der Waals surface area contributed by atoms with Crippen LogP contribution in [0.3, 0.4) is 0 Å². The van der Waals surface area contributed by atoms with Gasteiger partial charge in [-0.1, -0.05) is 0 Å². The van der Waals surface area contributed by atoms with Gasteiger partial charge in [0.05, 0.1) is 25.5 Å². The summed E-state index contributed by atoms with van der Waals surface area (Å²) in [5.41, 5.74) is 0. The second kappa shape index (κ2) is 8.02. The number of aliphatic hydroxyl groups excluding tert-OH is 1. The van der Waals surface area contributed by atoms with Gasteiger partial charge in [0, 0.05) is 0 Å². The maximum Gasteiger partial charge on any atom is 0.406 e. The molecule has 0 saturated carbocycles. The summed E-state index contributed by atoms with van der Waals surface area (Å²) in [6, 6.07) is 3.12. The molecule has 0 radical (unpaired) electrons. The van der Waals surface area contributed by atoms with Crippen molar-refractivity contribution in [1.82, 2.24) is 9.80 Å². The van der Waals surface area contributed by atoms with Crippen LogP contribution < -0.4 is 0 Å². The summed E-state index contributed by atoms with van der Waals surface area (Å²) in [5.74, 6) is -0.0645. The summed E-state index contributed by atoms with van der Waals surface area (Å²) in [6.07, 6.45) is -2.01. The number of piperidine rings is 1. The Bertz CT molecular complexity index is 509. The molecule has 2 rings (SSSR count). The van der Waals surface area contributed by atoms with Crippen molar-refractivity contribution in [2.75, 3.05) is 26.2 Å². The molecule has 136 valence electrons. The molecule has 1 aliphatic rings. The van der Waals surface area contributed by atoms with E-state index in [0.29, 0.717) is 18.8 Å². The van der Waals surface area contributed by atoms with Gasteiger partial charge < -0.3 is 14.4 Å². The Balaban J connectivity index is 1.92. The maximum absolute atomic E-state index is 12.7. The van der Waals surface area contributed by atoms with E-state index in [9.17, 15) is 23.1 Å². The van der Waals surface area contributed by atoms with Crippen molar-refractivity contribution in [1.29, 1.82) is 0 Å². The van der Waals surface area contributed by atoms with Crippen LogP contribution in [0.2, 0.25) is 0 Å². The van der Waals surface area contributed by atoms with E-state index in [1.165, 1.54) is 6.26 Å². The van der Waals surface area contributed by atoms with Crippen LogP contribution in [0.15, 0.2) is 22.8 Å². The number of aliphatic hydroxyl groups is 1. The molecule has 5 nitrogen and oxygen atoms in total. The fraction of sp³-hybridized carbons (Fsp3) is 0.688. The average Bonchev–Trinajstić information content (AvgIpc) is 2.98. The number of nitrogens with zero attached hydrogens (tertiary/aromatic N) is 2. The molecular formula is C16H23F3N2O3. The smallest absolute Gasteiger partial charge is 0.406 e.